The van der Waals surface area contributed by atoms with Crippen LogP contribution in [-0.4, -0.2) is 17.5 Å². The van der Waals surface area contributed by atoms with Gasteiger partial charge in [0.2, 0.25) is 5.76 Å². The van der Waals surface area contributed by atoms with Gasteiger partial charge in [0.05, 0.1) is 0 Å². The van der Waals surface area contributed by atoms with Crippen LogP contribution < -0.4 is 5.32 Å². The van der Waals surface area contributed by atoms with Crippen LogP contribution in [0, 0.1) is 18.8 Å². The number of nitrogens with one attached hydrogen (secondary N) is 1. The van der Waals surface area contributed by atoms with Crippen LogP contribution in [0.2, 0.25) is 0 Å². The van der Waals surface area contributed by atoms with Crippen LogP contribution in [0.4, 0.5) is 10.5 Å². The Morgan fingerprint density at radius 1 is 1.09 bits per heavy atom. The summed E-state index contributed by atoms with van der Waals surface area (Å²) < 4.78 is 10.8. The molecule has 0 fully saturated rings. The van der Waals surface area contributed by atoms with Gasteiger partial charge in [0, 0.05) is 12.0 Å². The van der Waals surface area contributed by atoms with Gasteiger partial charge in [-0.3, -0.25) is 5.32 Å². The number of carbonyl (C=O) groups excluding carboxylic acids is 2. The molecule has 0 bridgehead atoms. The summed E-state index contributed by atoms with van der Waals surface area (Å²) >= 11 is 0. The van der Waals surface area contributed by atoms with Gasteiger partial charge in [0.25, 0.3) is 0 Å². The molecule has 0 unspecified atom stereocenters. The van der Waals surface area contributed by atoms with Gasteiger partial charge in [-0.15, -0.1) is 0 Å². The lowest BCUT2D eigenvalue weighted by Crippen LogP contribution is -2.16. The Balaban J connectivity index is 1.50. The molecule has 1 amide bonds. The Hall–Kier alpha value is -4.37. The van der Waals surface area contributed by atoms with Crippen molar-refractivity contribution in [2.24, 2.45) is 0 Å². The van der Waals surface area contributed by atoms with Crippen LogP contribution in [0.5, 0.6) is 0 Å². The van der Waals surface area contributed by atoms with Crippen molar-refractivity contribution in [3.05, 3.63) is 94.9 Å². The molecule has 6 nitrogen and oxygen atoms in total. The number of carbonyl (C=O) groups is 2. The molecule has 0 spiro atoms. The first-order valence-corrected chi connectivity index (χ1v) is 10.5. The summed E-state index contributed by atoms with van der Waals surface area (Å²) in [5, 5.41) is 8.67. The van der Waals surface area contributed by atoms with Gasteiger partial charge in [0.1, 0.15) is 23.8 Å². The molecule has 1 atom stereocenters. The maximum absolute atomic E-state index is 12.4. The van der Waals surface area contributed by atoms with E-state index in [0.29, 0.717) is 17.8 Å². The number of aldehydes is 1. The summed E-state index contributed by atoms with van der Waals surface area (Å²) in [5.74, 6) is 6.24. The van der Waals surface area contributed by atoms with E-state index in [1.54, 1.807) is 13.8 Å². The van der Waals surface area contributed by atoms with Crippen molar-refractivity contribution in [1.29, 1.82) is 0 Å². The largest absolute Gasteiger partial charge is 0.441 e. The second-order valence-electron chi connectivity index (χ2n) is 7.57. The third-order valence-electron chi connectivity index (χ3n) is 5.19. The van der Waals surface area contributed by atoms with E-state index in [2.05, 4.69) is 22.3 Å². The standard InChI is InChI=1S/C27H22N2O4/c1-18-26(28-27(31)32-19(2)22-6-4-3-5-7-22)25(33-29-18)13-10-20-8-11-24-17-21(14-15-30)9-12-23(24)16-20/h3-9,11-12,15-17,19H,14H2,1-2H3,(H,28,31)/t19-/m1/s1. The maximum atomic E-state index is 12.4. The Morgan fingerprint density at radius 2 is 1.85 bits per heavy atom. The van der Waals surface area contributed by atoms with E-state index < -0.39 is 12.2 Å². The van der Waals surface area contributed by atoms with Crippen LogP contribution in [0.15, 0.2) is 71.3 Å². The van der Waals surface area contributed by atoms with E-state index in [-0.39, 0.29) is 5.76 Å². The van der Waals surface area contributed by atoms with E-state index in [1.807, 2.05) is 66.7 Å². The maximum Gasteiger partial charge on any atom is 0.412 e. The van der Waals surface area contributed by atoms with Crippen molar-refractivity contribution in [1.82, 2.24) is 5.16 Å². The number of rotatable bonds is 5. The van der Waals surface area contributed by atoms with Crippen LogP contribution in [0.3, 0.4) is 0 Å². The first-order chi connectivity index (χ1) is 16.0. The van der Waals surface area contributed by atoms with Gasteiger partial charge < -0.3 is 14.1 Å². The topological polar surface area (TPSA) is 81.4 Å². The molecule has 1 aromatic heterocycles. The first kappa shape index (κ1) is 21.8. The number of hydrogen-bond acceptors (Lipinski definition) is 5. The summed E-state index contributed by atoms with van der Waals surface area (Å²) in [7, 11) is 0. The van der Waals surface area contributed by atoms with Crippen LogP contribution in [0.25, 0.3) is 10.8 Å². The number of anilines is 1. The van der Waals surface area contributed by atoms with Gasteiger partial charge in [0.15, 0.2) is 0 Å². The second-order valence-corrected chi connectivity index (χ2v) is 7.57. The molecule has 0 saturated carbocycles. The minimum Gasteiger partial charge on any atom is -0.441 e. The zero-order chi connectivity index (χ0) is 23.2. The molecule has 3 aromatic carbocycles. The molecule has 0 aliphatic rings. The van der Waals surface area contributed by atoms with Crippen molar-refractivity contribution >= 4 is 28.8 Å². The molecular formula is C27H22N2O4. The molecule has 0 aliphatic carbocycles. The number of nitrogens with zero attached hydrogens (tertiary/aromatic N) is 1. The number of fused-ring (bicyclic) bond motifs is 1. The number of benzene rings is 3. The van der Waals surface area contributed by atoms with E-state index >= 15 is 0 Å². The lowest BCUT2D eigenvalue weighted by Gasteiger charge is -2.13. The molecule has 0 saturated heterocycles. The Morgan fingerprint density at radius 3 is 2.64 bits per heavy atom. The Labute approximate surface area is 191 Å². The highest BCUT2D eigenvalue weighted by atomic mass is 16.6. The quantitative estimate of drug-likeness (QED) is 0.325. The Kier molecular flexibility index (Phi) is 6.51. The van der Waals surface area contributed by atoms with E-state index in [0.717, 1.165) is 33.7 Å². The first-order valence-electron chi connectivity index (χ1n) is 10.5. The van der Waals surface area contributed by atoms with Crippen LogP contribution in [-0.2, 0) is 16.0 Å². The zero-order valence-electron chi connectivity index (χ0n) is 18.3. The monoisotopic (exact) mass is 438 g/mol. The van der Waals surface area contributed by atoms with Gasteiger partial charge in [-0.1, -0.05) is 65.7 Å². The predicted octanol–water partition coefficient (Wildman–Crippen LogP) is 5.59. The average molecular weight is 438 g/mol. The van der Waals surface area contributed by atoms with Crippen molar-refractivity contribution in [3.63, 3.8) is 0 Å². The van der Waals surface area contributed by atoms with E-state index in [9.17, 15) is 9.59 Å². The average Bonchev–Trinajstić information content (AvgIpc) is 3.17. The molecule has 1 heterocycles. The summed E-state index contributed by atoms with van der Waals surface area (Å²) in [4.78, 5) is 23.2. The predicted molar refractivity (Wildman–Crippen MR) is 126 cm³/mol. The molecule has 164 valence electrons. The summed E-state index contributed by atoms with van der Waals surface area (Å²) in [6, 6.07) is 21.2. The minimum absolute atomic E-state index is 0.248. The third-order valence-corrected chi connectivity index (χ3v) is 5.19. The summed E-state index contributed by atoms with van der Waals surface area (Å²) in [6.45, 7) is 3.52. The Bertz CT molecular complexity index is 1360. The molecule has 33 heavy (non-hydrogen) atoms. The number of amides is 1. The SMILES string of the molecule is Cc1noc(C#Cc2ccc3cc(CC=O)ccc3c2)c1NC(=O)O[C@H](C)c1ccccc1. The zero-order valence-corrected chi connectivity index (χ0v) is 18.3. The molecule has 4 rings (SSSR count). The molecule has 1 N–H and O–H groups in total. The van der Waals surface area contributed by atoms with Gasteiger partial charge in [-0.2, -0.15) is 0 Å². The fraction of sp³-hybridized carbons (Fsp3) is 0.148. The highest BCUT2D eigenvalue weighted by molar-refractivity contribution is 5.87. The number of hydrogen-bond donors (Lipinski definition) is 1. The van der Waals surface area contributed by atoms with Crippen LogP contribution >= 0.6 is 0 Å². The normalized spacial score (nSPS) is 11.3. The van der Waals surface area contributed by atoms with E-state index in [1.165, 1.54) is 0 Å². The van der Waals surface area contributed by atoms with Crippen molar-refractivity contribution in [2.45, 2.75) is 26.4 Å². The molecule has 0 aliphatic heterocycles. The van der Waals surface area contributed by atoms with E-state index in [4.69, 9.17) is 9.26 Å². The molecule has 6 heteroatoms. The lowest BCUT2D eigenvalue weighted by molar-refractivity contribution is -0.107. The highest BCUT2D eigenvalue weighted by Gasteiger charge is 2.17. The van der Waals surface area contributed by atoms with Crippen molar-refractivity contribution < 1.29 is 18.8 Å². The fourth-order valence-corrected chi connectivity index (χ4v) is 3.41. The van der Waals surface area contributed by atoms with Crippen molar-refractivity contribution in [2.75, 3.05) is 5.32 Å². The van der Waals surface area contributed by atoms with Crippen LogP contribution in [0.1, 0.15) is 41.2 Å². The minimum atomic E-state index is -0.613. The van der Waals surface area contributed by atoms with Crippen molar-refractivity contribution in [3.8, 4) is 11.8 Å². The lowest BCUT2D eigenvalue weighted by atomic mass is 10.0. The number of ether oxygens (including phenoxy) is 1. The molecular weight excluding hydrogens is 416 g/mol. The van der Waals surface area contributed by atoms with Gasteiger partial charge in [-0.05, 0) is 53.8 Å². The fourth-order valence-electron chi connectivity index (χ4n) is 3.41. The molecule has 0 radical (unpaired) electrons. The third kappa shape index (κ3) is 5.28. The number of aryl methyl sites for hydroxylation is 1. The summed E-state index contributed by atoms with van der Waals surface area (Å²) in [6.07, 6.45) is 0.262. The van der Waals surface area contributed by atoms with Gasteiger partial charge in [-0.25, -0.2) is 4.79 Å². The number of aromatic nitrogens is 1. The highest BCUT2D eigenvalue weighted by Crippen LogP contribution is 2.22. The second kappa shape index (κ2) is 9.84. The summed E-state index contributed by atoms with van der Waals surface area (Å²) in [5.41, 5.74) is 3.53. The smallest absolute Gasteiger partial charge is 0.412 e. The molecule has 4 aromatic rings. The van der Waals surface area contributed by atoms with Gasteiger partial charge >= 0.3 is 6.09 Å².